The van der Waals surface area contributed by atoms with E-state index >= 15 is 0 Å². The minimum absolute atomic E-state index is 0. The zero-order valence-electron chi connectivity index (χ0n) is 19.2. The lowest BCUT2D eigenvalue weighted by atomic mass is 10.1. The Morgan fingerprint density at radius 3 is 2.44 bits per heavy atom. The molecule has 2 aromatic heterocycles. The molecule has 0 aliphatic heterocycles. The fraction of sp³-hybridized carbons (Fsp3) is 0.250. The Balaban J connectivity index is 0.00000228. The highest BCUT2D eigenvalue weighted by molar-refractivity contribution is 7.92. The molecule has 0 aliphatic carbocycles. The van der Waals surface area contributed by atoms with Crippen molar-refractivity contribution in [1.29, 1.82) is 0 Å². The molecule has 1 N–H and O–H groups in total. The fourth-order valence-corrected chi connectivity index (χ4v) is 4.70. The number of sulfone groups is 1. The van der Waals surface area contributed by atoms with Crippen LogP contribution in [0.15, 0.2) is 58.0 Å². The first-order chi connectivity index (χ1) is 16.2. The molecule has 2 heterocycles. The molecule has 0 saturated heterocycles. The van der Waals surface area contributed by atoms with Gasteiger partial charge in [0.2, 0.25) is 5.89 Å². The van der Waals surface area contributed by atoms with E-state index in [0.717, 1.165) is 11.1 Å². The van der Waals surface area contributed by atoms with E-state index in [2.05, 4.69) is 25.5 Å². The summed E-state index contributed by atoms with van der Waals surface area (Å²) >= 11 is 6.43. The Morgan fingerprint density at radius 1 is 1.09 bits per heavy atom. The fourth-order valence-electron chi connectivity index (χ4n) is 3.35. The van der Waals surface area contributed by atoms with Gasteiger partial charge in [0.25, 0.3) is 5.89 Å². The number of aromatic nitrogens is 4. The SMILES string of the molecule is CNCc1ccc(-c2nnc(-c3nc(-c4ccc(S(=O)(=O)C(C)C)cc4)cnc3C)o2)c(Cl)c1.[HH].[HH]. The van der Waals surface area contributed by atoms with Gasteiger partial charge >= 0.3 is 0 Å². The van der Waals surface area contributed by atoms with Crippen molar-refractivity contribution in [3.05, 3.63) is 64.9 Å². The lowest BCUT2D eigenvalue weighted by molar-refractivity contribution is 0.581. The predicted octanol–water partition coefficient (Wildman–Crippen LogP) is 5.22. The minimum Gasteiger partial charge on any atom is -0.414 e. The summed E-state index contributed by atoms with van der Waals surface area (Å²) in [7, 11) is -1.48. The van der Waals surface area contributed by atoms with E-state index in [1.54, 1.807) is 51.2 Å². The smallest absolute Gasteiger partial charge is 0.268 e. The van der Waals surface area contributed by atoms with E-state index in [4.69, 9.17) is 16.0 Å². The van der Waals surface area contributed by atoms with Gasteiger partial charge in [-0.15, -0.1) is 10.2 Å². The van der Waals surface area contributed by atoms with Crippen molar-refractivity contribution in [3.8, 4) is 34.3 Å². The van der Waals surface area contributed by atoms with E-state index in [1.807, 2.05) is 25.2 Å². The molecule has 180 valence electrons. The summed E-state index contributed by atoms with van der Waals surface area (Å²) in [6.45, 7) is 5.81. The zero-order valence-corrected chi connectivity index (χ0v) is 20.8. The molecule has 0 unspecified atom stereocenters. The molecule has 0 fully saturated rings. The largest absolute Gasteiger partial charge is 0.414 e. The second-order valence-electron chi connectivity index (χ2n) is 8.06. The van der Waals surface area contributed by atoms with Crippen LogP contribution in [0.25, 0.3) is 34.3 Å². The number of nitrogens with zero attached hydrogens (tertiary/aromatic N) is 4. The van der Waals surface area contributed by atoms with Crippen LogP contribution in [0.3, 0.4) is 0 Å². The first kappa shape index (κ1) is 24.0. The summed E-state index contributed by atoms with van der Waals surface area (Å²) < 4.78 is 30.7. The number of benzene rings is 2. The Hall–Kier alpha value is -3.14. The minimum atomic E-state index is -3.35. The molecule has 2 aromatic carbocycles. The number of rotatable bonds is 7. The normalized spacial score (nSPS) is 11.8. The Kier molecular flexibility index (Phi) is 6.79. The maximum Gasteiger partial charge on any atom is 0.268 e. The van der Waals surface area contributed by atoms with Crippen molar-refractivity contribution in [2.24, 2.45) is 0 Å². The van der Waals surface area contributed by atoms with Crippen LogP contribution in [-0.2, 0) is 16.4 Å². The van der Waals surface area contributed by atoms with Crippen molar-refractivity contribution in [1.82, 2.24) is 25.5 Å². The number of hydrogen-bond acceptors (Lipinski definition) is 8. The third kappa shape index (κ3) is 4.72. The average molecular weight is 502 g/mol. The molecular formula is C24H28ClN5O3S. The summed E-state index contributed by atoms with van der Waals surface area (Å²) in [5.41, 5.74) is 4.01. The molecule has 0 radical (unpaired) electrons. The topological polar surface area (TPSA) is 111 Å². The Labute approximate surface area is 206 Å². The third-order valence-electron chi connectivity index (χ3n) is 5.33. The summed E-state index contributed by atoms with van der Waals surface area (Å²) in [5, 5.41) is 11.4. The van der Waals surface area contributed by atoms with Crippen LogP contribution < -0.4 is 5.32 Å². The first-order valence-electron chi connectivity index (χ1n) is 10.7. The summed E-state index contributed by atoms with van der Waals surface area (Å²) in [6.07, 6.45) is 1.62. The lowest BCUT2D eigenvalue weighted by Crippen LogP contribution is -2.13. The van der Waals surface area contributed by atoms with Crippen molar-refractivity contribution >= 4 is 21.4 Å². The predicted molar refractivity (Wildman–Crippen MR) is 135 cm³/mol. The first-order valence-corrected chi connectivity index (χ1v) is 12.6. The van der Waals surface area contributed by atoms with E-state index in [9.17, 15) is 8.42 Å². The highest BCUT2D eigenvalue weighted by Crippen LogP contribution is 2.31. The van der Waals surface area contributed by atoms with E-state index in [0.29, 0.717) is 34.2 Å². The Bertz CT molecular complexity index is 1440. The molecule has 0 aliphatic rings. The van der Waals surface area contributed by atoms with Crippen LogP contribution in [-0.4, -0.2) is 40.9 Å². The van der Waals surface area contributed by atoms with Crippen LogP contribution in [0.2, 0.25) is 5.02 Å². The molecule has 0 amide bonds. The maximum atomic E-state index is 12.4. The molecule has 10 heteroatoms. The summed E-state index contributed by atoms with van der Waals surface area (Å²) in [6, 6.07) is 12.2. The number of halogens is 1. The van der Waals surface area contributed by atoms with Gasteiger partial charge in [0.15, 0.2) is 9.84 Å². The molecule has 34 heavy (non-hydrogen) atoms. The van der Waals surface area contributed by atoms with E-state index in [1.165, 1.54) is 0 Å². The van der Waals surface area contributed by atoms with Gasteiger partial charge in [-0.2, -0.15) is 0 Å². The van der Waals surface area contributed by atoms with Gasteiger partial charge in [-0.25, -0.2) is 13.4 Å². The lowest BCUT2D eigenvalue weighted by Gasteiger charge is -2.09. The van der Waals surface area contributed by atoms with Gasteiger partial charge in [0.1, 0.15) is 5.69 Å². The van der Waals surface area contributed by atoms with Crippen LogP contribution in [0, 0.1) is 6.92 Å². The molecule has 4 aromatic rings. The quantitative estimate of drug-likeness (QED) is 0.367. The van der Waals surface area contributed by atoms with Crippen molar-refractivity contribution < 1.29 is 15.7 Å². The molecular weight excluding hydrogens is 474 g/mol. The highest BCUT2D eigenvalue weighted by Gasteiger charge is 2.20. The van der Waals surface area contributed by atoms with Crippen LogP contribution in [0.5, 0.6) is 0 Å². The standard InChI is InChI=1S/C24H24ClN5O3S.2H2/c1-14(2)34(31,32)18-8-6-17(7-9-18)21-13-27-15(3)22(28-21)24-30-29-23(33-24)19-10-5-16(12-26-4)11-20(19)25;;/h5-11,13-14,26H,12H2,1-4H3;2*1H. The number of hydrogen-bond donors (Lipinski definition) is 1. The maximum absolute atomic E-state index is 12.4. The molecule has 4 rings (SSSR count). The van der Waals surface area contributed by atoms with Crippen molar-refractivity contribution in [2.75, 3.05) is 7.05 Å². The van der Waals surface area contributed by atoms with Gasteiger partial charge in [0, 0.05) is 15.0 Å². The molecule has 8 nitrogen and oxygen atoms in total. The molecule has 0 spiro atoms. The van der Waals surface area contributed by atoms with Crippen LogP contribution in [0.4, 0.5) is 0 Å². The second kappa shape index (κ2) is 9.61. The zero-order chi connectivity index (χ0) is 24.5. The van der Waals surface area contributed by atoms with Crippen molar-refractivity contribution in [2.45, 2.75) is 37.5 Å². The summed E-state index contributed by atoms with van der Waals surface area (Å²) in [4.78, 5) is 9.35. The molecule has 0 atom stereocenters. The van der Waals surface area contributed by atoms with Gasteiger partial charge in [-0.1, -0.05) is 29.8 Å². The molecule has 0 bridgehead atoms. The van der Waals surface area contributed by atoms with Crippen LogP contribution >= 0.6 is 11.6 Å². The van der Waals surface area contributed by atoms with E-state index in [-0.39, 0.29) is 19.5 Å². The molecule has 0 saturated carbocycles. The Morgan fingerprint density at radius 2 is 1.79 bits per heavy atom. The van der Waals surface area contributed by atoms with Gasteiger partial charge < -0.3 is 9.73 Å². The number of nitrogens with one attached hydrogen (secondary N) is 1. The number of aryl methyl sites for hydroxylation is 1. The van der Waals surface area contributed by atoms with Gasteiger partial charge in [0.05, 0.1) is 38.3 Å². The monoisotopic (exact) mass is 501 g/mol. The van der Waals surface area contributed by atoms with Gasteiger partial charge in [-0.05, 0) is 57.6 Å². The average Bonchev–Trinajstić information content (AvgIpc) is 3.29. The summed E-state index contributed by atoms with van der Waals surface area (Å²) in [5.74, 6) is 0.502. The van der Waals surface area contributed by atoms with Crippen LogP contribution in [0.1, 0.15) is 28.0 Å². The second-order valence-corrected chi connectivity index (χ2v) is 11.0. The van der Waals surface area contributed by atoms with E-state index < -0.39 is 15.1 Å². The van der Waals surface area contributed by atoms with Crippen molar-refractivity contribution in [3.63, 3.8) is 0 Å². The third-order valence-corrected chi connectivity index (χ3v) is 7.81. The highest BCUT2D eigenvalue weighted by atomic mass is 35.5. The van der Waals surface area contributed by atoms with Gasteiger partial charge in [-0.3, -0.25) is 4.98 Å².